The second-order valence-electron chi connectivity index (χ2n) is 6.73. The van der Waals surface area contributed by atoms with Crippen molar-refractivity contribution in [2.24, 2.45) is 5.73 Å². The predicted molar refractivity (Wildman–Crippen MR) is 80.2 cm³/mol. The highest BCUT2D eigenvalue weighted by Crippen LogP contribution is 2.30. The van der Waals surface area contributed by atoms with Gasteiger partial charge in [0.25, 0.3) is 0 Å². The Kier molecular flexibility index (Phi) is 6.01. The normalized spacial score (nSPS) is 24.0. The maximum Gasteiger partial charge on any atom is 0.408 e. The van der Waals surface area contributed by atoms with Crippen LogP contribution in [0.15, 0.2) is 0 Å². The van der Waals surface area contributed by atoms with Crippen molar-refractivity contribution < 1.29 is 38.4 Å². The molecule has 24 heavy (non-hydrogen) atoms. The van der Waals surface area contributed by atoms with Crippen molar-refractivity contribution in [1.29, 1.82) is 0 Å². The van der Waals surface area contributed by atoms with Gasteiger partial charge in [-0.15, -0.1) is 0 Å². The van der Waals surface area contributed by atoms with Gasteiger partial charge >= 0.3 is 18.2 Å². The average molecular weight is 348 g/mol. The van der Waals surface area contributed by atoms with E-state index in [1.165, 1.54) is 0 Å². The number of alkyl carbamates (subject to hydrolysis) is 1. The number of carbonyl (C=O) groups is 3. The first-order valence-electron chi connectivity index (χ1n) is 7.31. The number of amides is 2. The smallest absolute Gasteiger partial charge is 0.408 e. The molecule has 2 amide bonds. The molecule has 0 radical (unpaired) electrons. The Balaban J connectivity index is 2.89. The summed E-state index contributed by atoms with van der Waals surface area (Å²) in [6, 6.07) is -1.47. The lowest BCUT2D eigenvalue weighted by Gasteiger charge is -2.26. The van der Waals surface area contributed by atoms with Crippen LogP contribution in [0.1, 0.15) is 34.6 Å². The van der Waals surface area contributed by atoms with Crippen LogP contribution in [0.25, 0.3) is 0 Å². The Bertz CT molecular complexity index is 499. The Morgan fingerprint density at radius 1 is 1.29 bits per heavy atom. The molecule has 0 bridgehead atoms. The molecule has 1 aliphatic heterocycles. The van der Waals surface area contributed by atoms with E-state index in [1.54, 1.807) is 34.6 Å². The maximum atomic E-state index is 11.9. The van der Waals surface area contributed by atoms with Gasteiger partial charge in [0.15, 0.2) is 11.8 Å². The van der Waals surface area contributed by atoms with Crippen molar-refractivity contribution in [2.45, 2.75) is 64.3 Å². The summed E-state index contributed by atoms with van der Waals surface area (Å²) in [5, 5.41) is 11.6. The van der Waals surface area contributed by atoms with Crippen molar-refractivity contribution in [1.82, 2.24) is 5.32 Å². The quantitative estimate of drug-likeness (QED) is 0.654. The monoisotopic (exact) mass is 348 g/mol. The fourth-order valence-corrected chi connectivity index (χ4v) is 2.16. The summed E-state index contributed by atoms with van der Waals surface area (Å²) >= 11 is 0. The third-order valence-corrected chi connectivity index (χ3v) is 2.88. The van der Waals surface area contributed by atoms with Crippen LogP contribution in [-0.4, -0.2) is 59.5 Å². The van der Waals surface area contributed by atoms with E-state index in [0.717, 1.165) is 0 Å². The molecule has 0 aromatic heterocycles. The van der Waals surface area contributed by atoms with Crippen LogP contribution < -0.4 is 11.1 Å². The number of aliphatic carboxylic acids is 1. The first-order valence-corrected chi connectivity index (χ1v) is 7.31. The third-order valence-electron chi connectivity index (χ3n) is 2.88. The summed E-state index contributed by atoms with van der Waals surface area (Å²) in [6.07, 6.45) is -3.99. The minimum Gasteiger partial charge on any atom is -0.480 e. The molecule has 0 aromatic carbocycles. The summed E-state index contributed by atoms with van der Waals surface area (Å²) in [5.41, 5.74) is 4.11. The first-order chi connectivity index (χ1) is 10.8. The third kappa shape index (κ3) is 6.20. The van der Waals surface area contributed by atoms with Crippen molar-refractivity contribution in [3.05, 3.63) is 0 Å². The molecule has 1 saturated heterocycles. The van der Waals surface area contributed by atoms with E-state index >= 15 is 0 Å². The van der Waals surface area contributed by atoms with E-state index in [1.807, 2.05) is 0 Å². The van der Waals surface area contributed by atoms with Crippen molar-refractivity contribution in [2.75, 3.05) is 6.61 Å². The zero-order chi connectivity index (χ0) is 18.7. The molecule has 0 aliphatic carbocycles. The lowest BCUT2D eigenvalue weighted by atomic mass is 10.1. The Morgan fingerprint density at radius 2 is 1.88 bits per heavy atom. The van der Waals surface area contributed by atoms with Gasteiger partial charge in [-0.25, -0.2) is 14.4 Å². The Hall–Kier alpha value is -2.07. The highest BCUT2D eigenvalue weighted by atomic mass is 16.8. The Labute approximate surface area is 139 Å². The van der Waals surface area contributed by atoms with Crippen molar-refractivity contribution >= 4 is 18.2 Å². The molecule has 0 spiro atoms. The van der Waals surface area contributed by atoms with E-state index < -0.39 is 47.8 Å². The second kappa shape index (κ2) is 7.22. The zero-order valence-corrected chi connectivity index (χ0v) is 14.3. The molecule has 1 heterocycles. The largest absolute Gasteiger partial charge is 0.480 e. The lowest BCUT2D eigenvalue weighted by molar-refractivity contribution is -0.157. The van der Waals surface area contributed by atoms with Gasteiger partial charge in [-0.1, -0.05) is 0 Å². The van der Waals surface area contributed by atoms with Gasteiger partial charge in [0.05, 0.1) is 0 Å². The molecule has 4 N–H and O–H groups in total. The number of carboxylic acids is 1. The summed E-state index contributed by atoms with van der Waals surface area (Å²) in [7, 11) is 0. The van der Waals surface area contributed by atoms with E-state index in [2.05, 4.69) is 10.1 Å². The second-order valence-corrected chi connectivity index (χ2v) is 6.73. The standard InChI is InChI=1S/C14H24N2O8/c1-13(2,3)24-12(20)16-8(10(17)18)9-7(6-21-11(15)19)22-14(4,5)23-9/h7-9H,6H2,1-5H3,(H2,15,19)(H,16,20)(H,17,18)/t7-,8+,9+/m0/s1. The minimum absolute atomic E-state index is 0.316. The molecule has 0 unspecified atom stereocenters. The molecular weight excluding hydrogens is 324 g/mol. The van der Waals surface area contributed by atoms with Crippen LogP contribution in [0, 0.1) is 0 Å². The average Bonchev–Trinajstić information content (AvgIpc) is 2.66. The van der Waals surface area contributed by atoms with Gasteiger partial charge in [0, 0.05) is 0 Å². The number of nitrogens with two attached hydrogens (primary N) is 1. The highest BCUT2D eigenvalue weighted by Gasteiger charge is 2.49. The lowest BCUT2D eigenvalue weighted by Crippen LogP contribution is -2.54. The van der Waals surface area contributed by atoms with E-state index in [4.69, 9.17) is 19.9 Å². The SMILES string of the molecule is CC(C)(C)OC(=O)N[C@@H](C(=O)O)[C@@H]1OC(C)(C)O[C@H]1COC(N)=O. The van der Waals surface area contributed by atoms with Crippen molar-refractivity contribution in [3.63, 3.8) is 0 Å². The number of carbonyl (C=O) groups excluding carboxylic acids is 2. The van der Waals surface area contributed by atoms with Crippen LogP contribution in [0.5, 0.6) is 0 Å². The van der Waals surface area contributed by atoms with E-state index in [9.17, 15) is 19.5 Å². The van der Waals surface area contributed by atoms with Gasteiger partial charge in [0.1, 0.15) is 24.4 Å². The van der Waals surface area contributed by atoms with Gasteiger partial charge in [-0.2, -0.15) is 0 Å². The minimum atomic E-state index is -1.47. The molecule has 1 aliphatic rings. The van der Waals surface area contributed by atoms with Crippen LogP contribution in [0.4, 0.5) is 9.59 Å². The van der Waals surface area contributed by atoms with Gasteiger partial charge in [-0.05, 0) is 34.6 Å². The molecule has 0 aromatic rings. The topological polar surface area (TPSA) is 146 Å². The van der Waals surface area contributed by atoms with Gasteiger partial charge in [-0.3, -0.25) is 0 Å². The molecule has 10 nitrogen and oxygen atoms in total. The van der Waals surface area contributed by atoms with Gasteiger partial charge in [0.2, 0.25) is 0 Å². The fourth-order valence-electron chi connectivity index (χ4n) is 2.16. The summed E-state index contributed by atoms with van der Waals surface area (Å²) in [5.74, 6) is -2.48. The molecule has 0 saturated carbocycles. The zero-order valence-electron chi connectivity index (χ0n) is 14.3. The molecule has 1 fully saturated rings. The molecule has 3 atom stereocenters. The van der Waals surface area contributed by atoms with Crippen LogP contribution >= 0.6 is 0 Å². The predicted octanol–water partition coefficient (Wildman–Crippen LogP) is 0.580. The van der Waals surface area contributed by atoms with Gasteiger partial charge < -0.3 is 35.1 Å². The number of hydrogen-bond acceptors (Lipinski definition) is 7. The van der Waals surface area contributed by atoms with E-state index in [0.29, 0.717) is 0 Å². The highest BCUT2D eigenvalue weighted by molar-refractivity contribution is 5.80. The molecular formula is C14H24N2O8. The number of carboxylic acid groups (broad SMARTS) is 1. The van der Waals surface area contributed by atoms with Crippen molar-refractivity contribution in [3.8, 4) is 0 Å². The summed E-state index contributed by atoms with van der Waals surface area (Å²) in [6.45, 7) is 7.75. The van der Waals surface area contributed by atoms with Crippen LogP contribution in [0.2, 0.25) is 0 Å². The summed E-state index contributed by atoms with van der Waals surface area (Å²) in [4.78, 5) is 34.2. The van der Waals surface area contributed by atoms with Crippen LogP contribution in [-0.2, 0) is 23.7 Å². The number of nitrogens with one attached hydrogen (secondary N) is 1. The number of primary amides is 1. The summed E-state index contributed by atoms with van der Waals surface area (Å²) < 4.78 is 20.8. The van der Waals surface area contributed by atoms with Crippen LogP contribution in [0.3, 0.4) is 0 Å². The first kappa shape index (κ1) is 20.0. The number of hydrogen-bond donors (Lipinski definition) is 3. The maximum absolute atomic E-state index is 11.9. The number of ether oxygens (including phenoxy) is 4. The molecule has 138 valence electrons. The fraction of sp³-hybridized carbons (Fsp3) is 0.786. The number of rotatable bonds is 5. The molecule has 1 rings (SSSR count). The Morgan fingerprint density at radius 3 is 2.33 bits per heavy atom. The molecule has 10 heteroatoms. The van der Waals surface area contributed by atoms with E-state index in [-0.39, 0.29) is 6.61 Å².